The number of rotatable bonds is 3. The van der Waals surface area contributed by atoms with Crippen molar-refractivity contribution in [2.45, 2.75) is 44.6 Å². The Kier molecular flexibility index (Phi) is 3.88. The maximum absolute atomic E-state index is 13.3. The summed E-state index contributed by atoms with van der Waals surface area (Å²) >= 11 is 3.32. The van der Waals surface area contributed by atoms with E-state index >= 15 is 0 Å². The van der Waals surface area contributed by atoms with Crippen LogP contribution in [-0.2, 0) is 6.42 Å². The smallest absolute Gasteiger partial charge is 0.124 e. The van der Waals surface area contributed by atoms with Gasteiger partial charge in [-0.3, -0.25) is 0 Å². The van der Waals surface area contributed by atoms with Gasteiger partial charge in [-0.25, -0.2) is 4.39 Å². The van der Waals surface area contributed by atoms with Gasteiger partial charge in [-0.1, -0.05) is 29.3 Å². The Labute approximate surface area is 111 Å². The van der Waals surface area contributed by atoms with E-state index in [2.05, 4.69) is 22.9 Å². The van der Waals surface area contributed by atoms with Crippen LogP contribution in [0.25, 0.3) is 0 Å². The highest BCUT2D eigenvalue weighted by Gasteiger charge is 2.34. The average molecular weight is 300 g/mol. The Morgan fingerprint density at radius 3 is 2.82 bits per heavy atom. The molecule has 3 heteroatoms. The highest BCUT2D eigenvalue weighted by molar-refractivity contribution is 9.10. The van der Waals surface area contributed by atoms with Crippen LogP contribution in [0.2, 0.25) is 0 Å². The summed E-state index contributed by atoms with van der Waals surface area (Å²) in [7, 11) is 0. The predicted molar refractivity (Wildman–Crippen MR) is 72.4 cm³/mol. The van der Waals surface area contributed by atoms with Crippen molar-refractivity contribution in [1.29, 1.82) is 0 Å². The number of hydrogen-bond acceptors (Lipinski definition) is 1. The van der Waals surface area contributed by atoms with Gasteiger partial charge in [0.1, 0.15) is 5.82 Å². The van der Waals surface area contributed by atoms with Crippen LogP contribution in [0.15, 0.2) is 22.7 Å². The predicted octanol–water partition coefficient (Wildman–Crippen LogP) is 4.04. The largest absolute Gasteiger partial charge is 0.325 e. The molecular formula is C14H19BrFN. The van der Waals surface area contributed by atoms with Gasteiger partial charge < -0.3 is 5.73 Å². The van der Waals surface area contributed by atoms with E-state index in [1.807, 2.05) is 6.07 Å². The van der Waals surface area contributed by atoms with Gasteiger partial charge in [0, 0.05) is 10.0 Å². The molecule has 17 heavy (non-hydrogen) atoms. The molecule has 1 aliphatic carbocycles. The first-order chi connectivity index (χ1) is 8.00. The molecule has 2 N–H and O–H groups in total. The summed E-state index contributed by atoms with van der Waals surface area (Å²) in [6.07, 6.45) is 5.31. The van der Waals surface area contributed by atoms with E-state index in [9.17, 15) is 4.39 Å². The fourth-order valence-electron chi connectivity index (χ4n) is 2.90. The van der Waals surface area contributed by atoms with E-state index in [-0.39, 0.29) is 11.4 Å². The molecule has 0 radical (unpaired) electrons. The summed E-state index contributed by atoms with van der Waals surface area (Å²) in [6.45, 7) is 2.22. The van der Waals surface area contributed by atoms with Gasteiger partial charge in [-0.15, -0.1) is 0 Å². The van der Waals surface area contributed by atoms with Crippen LogP contribution in [0.1, 0.15) is 38.2 Å². The van der Waals surface area contributed by atoms with Crippen molar-refractivity contribution in [3.8, 4) is 0 Å². The Morgan fingerprint density at radius 1 is 1.47 bits per heavy atom. The number of hydrogen-bond donors (Lipinski definition) is 1. The van der Waals surface area contributed by atoms with Gasteiger partial charge in [0.2, 0.25) is 0 Å². The summed E-state index contributed by atoms with van der Waals surface area (Å²) in [5.74, 6) is 0.556. The second-order valence-electron chi connectivity index (χ2n) is 5.33. The maximum Gasteiger partial charge on any atom is 0.124 e. The van der Waals surface area contributed by atoms with E-state index < -0.39 is 0 Å². The van der Waals surface area contributed by atoms with Crippen LogP contribution in [-0.4, -0.2) is 5.54 Å². The Hall–Kier alpha value is -0.410. The van der Waals surface area contributed by atoms with Crippen LogP contribution in [0.3, 0.4) is 0 Å². The highest BCUT2D eigenvalue weighted by atomic mass is 79.9. The number of benzene rings is 1. The van der Waals surface area contributed by atoms with Crippen molar-refractivity contribution in [3.05, 3.63) is 34.1 Å². The molecule has 0 spiro atoms. The van der Waals surface area contributed by atoms with E-state index in [0.29, 0.717) is 0 Å². The molecule has 2 unspecified atom stereocenters. The third-order valence-corrected chi connectivity index (χ3v) is 4.26. The van der Waals surface area contributed by atoms with Crippen LogP contribution in [0.4, 0.5) is 4.39 Å². The second kappa shape index (κ2) is 5.07. The molecule has 0 saturated heterocycles. The van der Waals surface area contributed by atoms with Crippen molar-refractivity contribution >= 4 is 15.9 Å². The lowest BCUT2D eigenvalue weighted by molar-refractivity contribution is 0.406. The van der Waals surface area contributed by atoms with Gasteiger partial charge in [-0.05, 0) is 55.4 Å². The van der Waals surface area contributed by atoms with Crippen LogP contribution in [0.5, 0.6) is 0 Å². The van der Waals surface area contributed by atoms with Gasteiger partial charge in [0.15, 0.2) is 0 Å². The first kappa shape index (κ1) is 13.0. The lowest BCUT2D eigenvalue weighted by atomic mass is 9.89. The maximum atomic E-state index is 13.3. The third kappa shape index (κ3) is 3.29. The summed E-state index contributed by atoms with van der Waals surface area (Å²) in [6, 6.07) is 5.05. The molecule has 0 bridgehead atoms. The normalized spacial score (nSPS) is 28.6. The first-order valence-corrected chi connectivity index (χ1v) is 7.04. The van der Waals surface area contributed by atoms with Crippen molar-refractivity contribution in [2.75, 3.05) is 0 Å². The topological polar surface area (TPSA) is 26.0 Å². The minimum atomic E-state index is -0.192. The number of nitrogens with two attached hydrogens (primary N) is 1. The monoisotopic (exact) mass is 299 g/mol. The minimum absolute atomic E-state index is 0.131. The van der Waals surface area contributed by atoms with E-state index in [1.165, 1.54) is 18.9 Å². The Morgan fingerprint density at radius 2 is 2.24 bits per heavy atom. The molecule has 1 aromatic carbocycles. The average Bonchev–Trinajstić information content (AvgIpc) is 2.58. The van der Waals surface area contributed by atoms with Gasteiger partial charge in [-0.2, -0.15) is 0 Å². The molecule has 1 saturated carbocycles. The molecule has 1 fully saturated rings. The standard InChI is InChI=1S/C14H19BrFN/c1-2-10-3-4-14(17,8-10)9-11-5-12(15)7-13(16)6-11/h5-7,10H,2-4,8-9,17H2,1H3. The van der Waals surface area contributed by atoms with Gasteiger partial charge in [0.25, 0.3) is 0 Å². The third-order valence-electron chi connectivity index (χ3n) is 3.80. The molecule has 1 aliphatic rings. The second-order valence-corrected chi connectivity index (χ2v) is 6.25. The lowest BCUT2D eigenvalue weighted by Crippen LogP contribution is -2.39. The Bertz CT molecular complexity index is 387. The fraction of sp³-hybridized carbons (Fsp3) is 0.571. The molecule has 0 aromatic heterocycles. The van der Waals surface area contributed by atoms with Crippen molar-refractivity contribution in [2.24, 2.45) is 11.7 Å². The van der Waals surface area contributed by atoms with E-state index in [4.69, 9.17) is 5.73 Å². The van der Waals surface area contributed by atoms with Crippen LogP contribution >= 0.6 is 15.9 Å². The van der Waals surface area contributed by atoms with Crippen molar-refractivity contribution < 1.29 is 4.39 Å². The summed E-state index contributed by atoms with van der Waals surface area (Å²) < 4.78 is 14.1. The molecule has 2 atom stereocenters. The SMILES string of the molecule is CCC1CCC(N)(Cc2cc(F)cc(Br)c2)C1. The molecule has 94 valence electrons. The number of halogens is 2. The van der Waals surface area contributed by atoms with Gasteiger partial charge in [0.05, 0.1) is 0 Å². The highest BCUT2D eigenvalue weighted by Crippen LogP contribution is 2.37. The molecule has 1 nitrogen and oxygen atoms in total. The van der Waals surface area contributed by atoms with Gasteiger partial charge >= 0.3 is 0 Å². The zero-order valence-corrected chi connectivity index (χ0v) is 11.8. The molecular weight excluding hydrogens is 281 g/mol. The van der Waals surface area contributed by atoms with Crippen LogP contribution < -0.4 is 5.73 Å². The van der Waals surface area contributed by atoms with Crippen molar-refractivity contribution in [1.82, 2.24) is 0 Å². The minimum Gasteiger partial charge on any atom is -0.325 e. The first-order valence-electron chi connectivity index (χ1n) is 6.24. The zero-order valence-electron chi connectivity index (χ0n) is 10.2. The van der Waals surface area contributed by atoms with E-state index in [1.54, 1.807) is 6.07 Å². The quantitative estimate of drug-likeness (QED) is 0.896. The van der Waals surface area contributed by atoms with E-state index in [0.717, 1.165) is 35.2 Å². The van der Waals surface area contributed by atoms with Crippen molar-refractivity contribution in [3.63, 3.8) is 0 Å². The molecule has 0 amide bonds. The summed E-state index contributed by atoms with van der Waals surface area (Å²) in [4.78, 5) is 0. The molecule has 0 heterocycles. The molecule has 1 aromatic rings. The zero-order chi connectivity index (χ0) is 12.5. The molecule has 2 rings (SSSR count). The summed E-state index contributed by atoms with van der Waals surface area (Å²) in [5.41, 5.74) is 7.28. The molecule has 0 aliphatic heterocycles. The lowest BCUT2D eigenvalue weighted by Gasteiger charge is -2.24. The Balaban J connectivity index is 2.10. The van der Waals surface area contributed by atoms with Crippen LogP contribution in [0, 0.1) is 11.7 Å². The fourth-order valence-corrected chi connectivity index (χ4v) is 3.41. The summed E-state index contributed by atoms with van der Waals surface area (Å²) in [5, 5.41) is 0.